The summed E-state index contributed by atoms with van der Waals surface area (Å²) >= 11 is 3.34. The molecule has 0 saturated carbocycles. The fourth-order valence-electron chi connectivity index (χ4n) is 1.72. The van der Waals surface area contributed by atoms with Gasteiger partial charge in [-0.2, -0.15) is 12.7 Å². The number of hydrogen-bond acceptors (Lipinski definition) is 3. The molecule has 1 aliphatic rings. The smallest absolute Gasteiger partial charge is 0.301 e. The van der Waals surface area contributed by atoms with Crippen molar-refractivity contribution in [2.75, 3.05) is 31.0 Å². The minimum atomic E-state index is -3.47. The standard InChI is InChI=1S/C11H15BrN2O3S/c12-9-10-2-1-3-11(8-10)13-18(15,16)14-4-6-17-7-5-14/h1-3,8,13H,4-7,9H2. The molecule has 1 aliphatic heterocycles. The topological polar surface area (TPSA) is 58.6 Å². The van der Waals surface area contributed by atoms with Gasteiger partial charge in [-0.1, -0.05) is 28.1 Å². The molecule has 7 heteroatoms. The minimum absolute atomic E-state index is 0.396. The third kappa shape index (κ3) is 3.44. The predicted octanol–water partition coefficient (Wildman–Crippen LogP) is 1.57. The van der Waals surface area contributed by atoms with Crippen molar-refractivity contribution in [3.8, 4) is 0 Å². The van der Waals surface area contributed by atoms with Gasteiger partial charge in [-0.3, -0.25) is 4.72 Å². The van der Waals surface area contributed by atoms with Crippen LogP contribution in [0.15, 0.2) is 24.3 Å². The summed E-state index contributed by atoms with van der Waals surface area (Å²) in [4.78, 5) is 0. The van der Waals surface area contributed by atoms with Gasteiger partial charge >= 0.3 is 10.2 Å². The number of rotatable bonds is 4. The van der Waals surface area contributed by atoms with E-state index in [2.05, 4.69) is 20.7 Å². The first kappa shape index (κ1) is 13.8. The summed E-state index contributed by atoms with van der Waals surface area (Å²) in [5, 5.41) is 0.695. The molecule has 1 N–H and O–H groups in total. The van der Waals surface area contributed by atoms with Gasteiger partial charge in [0, 0.05) is 18.4 Å². The van der Waals surface area contributed by atoms with Crippen LogP contribution in [-0.2, 0) is 20.3 Å². The summed E-state index contributed by atoms with van der Waals surface area (Å²) in [5.41, 5.74) is 1.61. The van der Waals surface area contributed by atoms with Crippen molar-refractivity contribution in [3.63, 3.8) is 0 Å². The molecule has 0 spiro atoms. The Bertz CT molecular complexity index is 501. The second-order valence-electron chi connectivity index (χ2n) is 3.95. The molecule has 100 valence electrons. The van der Waals surface area contributed by atoms with Crippen LogP contribution < -0.4 is 4.72 Å². The Kier molecular flexibility index (Phi) is 4.60. The molecule has 0 atom stereocenters. The summed E-state index contributed by atoms with van der Waals surface area (Å²) < 4.78 is 33.3. The molecule has 1 heterocycles. The Labute approximate surface area is 115 Å². The van der Waals surface area contributed by atoms with E-state index in [1.807, 2.05) is 18.2 Å². The fraction of sp³-hybridized carbons (Fsp3) is 0.455. The highest BCUT2D eigenvalue weighted by Gasteiger charge is 2.23. The van der Waals surface area contributed by atoms with E-state index in [9.17, 15) is 8.42 Å². The predicted molar refractivity (Wildman–Crippen MR) is 74.0 cm³/mol. The van der Waals surface area contributed by atoms with E-state index in [0.717, 1.165) is 5.56 Å². The van der Waals surface area contributed by atoms with Gasteiger partial charge in [0.25, 0.3) is 0 Å². The van der Waals surface area contributed by atoms with Crippen LogP contribution in [0.2, 0.25) is 0 Å². The van der Waals surface area contributed by atoms with Crippen LogP contribution in [0.1, 0.15) is 5.56 Å². The second kappa shape index (κ2) is 6.01. The van der Waals surface area contributed by atoms with Gasteiger partial charge in [-0.05, 0) is 17.7 Å². The van der Waals surface area contributed by atoms with Crippen LogP contribution in [0.25, 0.3) is 0 Å². The maximum absolute atomic E-state index is 12.1. The molecule has 1 aromatic rings. The number of morpholine rings is 1. The van der Waals surface area contributed by atoms with Gasteiger partial charge in [0.05, 0.1) is 18.9 Å². The van der Waals surface area contributed by atoms with E-state index in [1.54, 1.807) is 6.07 Å². The second-order valence-corrected chi connectivity index (χ2v) is 6.18. The van der Waals surface area contributed by atoms with Gasteiger partial charge in [0.15, 0.2) is 0 Å². The molecule has 5 nitrogen and oxygen atoms in total. The highest BCUT2D eigenvalue weighted by atomic mass is 79.9. The number of ether oxygens (including phenoxy) is 1. The number of anilines is 1. The lowest BCUT2D eigenvalue weighted by Crippen LogP contribution is -2.43. The number of hydrogen-bond donors (Lipinski definition) is 1. The summed E-state index contributed by atoms with van der Waals surface area (Å²) in [6, 6.07) is 7.31. The molecule has 0 unspecified atom stereocenters. The number of alkyl halides is 1. The van der Waals surface area contributed by atoms with E-state index in [0.29, 0.717) is 37.3 Å². The van der Waals surface area contributed by atoms with Crippen LogP contribution in [0.5, 0.6) is 0 Å². The molecule has 0 radical (unpaired) electrons. The zero-order valence-corrected chi connectivity index (χ0v) is 12.2. The minimum Gasteiger partial charge on any atom is -0.379 e. The Hall–Kier alpha value is -0.630. The third-order valence-corrected chi connectivity index (χ3v) is 4.82. The molecule has 0 bridgehead atoms. The number of nitrogens with zero attached hydrogens (tertiary/aromatic N) is 1. The van der Waals surface area contributed by atoms with Gasteiger partial charge in [-0.15, -0.1) is 0 Å². The highest BCUT2D eigenvalue weighted by Crippen LogP contribution is 2.16. The van der Waals surface area contributed by atoms with Gasteiger partial charge in [0.2, 0.25) is 0 Å². The molecular formula is C11H15BrN2O3S. The van der Waals surface area contributed by atoms with Crippen LogP contribution in [0.4, 0.5) is 5.69 Å². The summed E-state index contributed by atoms with van der Waals surface area (Å²) in [5.74, 6) is 0. The molecule has 18 heavy (non-hydrogen) atoms. The maximum atomic E-state index is 12.1. The van der Waals surface area contributed by atoms with Crippen molar-refractivity contribution in [1.82, 2.24) is 4.31 Å². The van der Waals surface area contributed by atoms with Crippen molar-refractivity contribution in [2.45, 2.75) is 5.33 Å². The molecular weight excluding hydrogens is 320 g/mol. The van der Waals surface area contributed by atoms with Crippen LogP contribution in [-0.4, -0.2) is 39.0 Å². The molecule has 0 aromatic heterocycles. The van der Waals surface area contributed by atoms with Crippen molar-refractivity contribution in [1.29, 1.82) is 0 Å². The number of benzene rings is 1. The van der Waals surface area contributed by atoms with E-state index >= 15 is 0 Å². The monoisotopic (exact) mass is 334 g/mol. The van der Waals surface area contributed by atoms with Gasteiger partial charge < -0.3 is 4.74 Å². The number of halogens is 1. The molecule has 0 aliphatic carbocycles. The summed E-state index contributed by atoms with van der Waals surface area (Å²) in [6.45, 7) is 1.69. The molecule has 1 saturated heterocycles. The quantitative estimate of drug-likeness (QED) is 0.850. The lowest BCUT2D eigenvalue weighted by atomic mass is 10.2. The Morgan fingerprint density at radius 2 is 2.06 bits per heavy atom. The van der Waals surface area contributed by atoms with E-state index < -0.39 is 10.2 Å². The third-order valence-electron chi connectivity index (χ3n) is 2.64. The molecule has 0 amide bonds. The summed E-state index contributed by atoms with van der Waals surface area (Å²) in [7, 11) is -3.47. The zero-order valence-electron chi connectivity index (χ0n) is 9.80. The average molecular weight is 335 g/mol. The van der Waals surface area contributed by atoms with Gasteiger partial charge in [0.1, 0.15) is 0 Å². The molecule has 2 rings (SSSR count). The fourth-order valence-corrected chi connectivity index (χ4v) is 3.25. The first-order chi connectivity index (χ1) is 8.62. The van der Waals surface area contributed by atoms with E-state index in [-0.39, 0.29) is 0 Å². The van der Waals surface area contributed by atoms with Crippen molar-refractivity contribution >= 4 is 31.8 Å². The van der Waals surface area contributed by atoms with Gasteiger partial charge in [-0.25, -0.2) is 0 Å². The number of nitrogens with one attached hydrogen (secondary N) is 1. The van der Waals surface area contributed by atoms with Crippen LogP contribution in [0, 0.1) is 0 Å². The Morgan fingerprint density at radius 1 is 1.33 bits per heavy atom. The normalized spacial score (nSPS) is 17.6. The molecule has 1 aromatic carbocycles. The SMILES string of the molecule is O=S(=O)(Nc1cccc(CBr)c1)N1CCOCC1. The van der Waals surface area contributed by atoms with Crippen molar-refractivity contribution < 1.29 is 13.2 Å². The van der Waals surface area contributed by atoms with E-state index in [4.69, 9.17) is 4.74 Å². The summed E-state index contributed by atoms with van der Waals surface area (Å²) in [6.07, 6.45) is 0. The maximum Gasteiger partial charge on any atom is 0.301 e. The van der Waals surface area contributed by atoms with Crippen LogP contribution in [0.3, 0.4) is 0 Å². The Balaban J connectivity index is 2.11. The van der Waals surface area contributed by atoms with E-state index in [1.165, 1.54) is 4.31 Å². The molecule has 1 fully saturated rings. The first-order valence-electron chi connectivity index (χ1n) is 5.62. The lowest BCUT2D eigenvalue weighted by molar-refractivity contribution is 0.0733. The average Bonchev–Trinajstić information content (AvgIpc) is 2.39. The zero-order chi connectivity index (χ0) is 13.0. The highest BCUT2D eigenvalue weighted by molar-refractivity contribution is 9.08. The van der Waals surface area contributed by atoms with Crippen LogP contribution >= 0.6 is 15.9 Å². The van der Waals surface area contributed by atoms with Crippen molar-refractivity contribution in [2.24, 2.45) is 0 Å². The van der Waals surface area contributed by atoms with Crippen molar-refractivity contribution in [3.05, 3.63) is 29.8 Å². The lowest BCUT2D eigenvalue weighted by Gasteiger charge is -2.26. The first-order valence-corrected chi connectivity index (χ1v) is 8.18. The largest absolute Gasteiger partial charge is 0.379 e. The Morgan fingerprint density at radius 3 is 2.72 bits per heavy atom.